The number of carbonyl (C=O) groups excluding carboxylic acids is 2. The van der Waals surface area contributed by atoms with Crippen LogP contribution in [0.5, 0.6) is 0 Å². The highest BCUT2D eigenvalue weighted by Crippen LogP contribution is 2.38. The van der Waals surface area contributed by atoms with Crippen LogP contribution in [0.2, 0.25) is 0 Å². The molecule has 51 heavy (non-hydrogen) atoms. The van der Waals surface area contributed by atoms with Crippen molar-refractivity contribution in [3.8, 4) is 0 Å². The van der Waals surface area contributed by atoms with Gasteiger partial charge in [-0.3, -0.25) is 14.2 Å². The third-order valence-corrected chi connectivity index (χ3v) is 8.77. The van der Waals surface area contributed by atoms with Crippen LogP contribution in [0, 0.1) is 0 Å². The summed E-state index contributed by atoms with van der Waals surface area (Å²) in [5.41, 5.74) is 0. The summed E-state index contributed by atoms with van der Waals surface area (Å²) in [6, 6.07) is 0. The van der Waals surface area contributed by atoms with Crippen LogP contribution >= 0.6 is 7.82 Å². The van der Waals surface area contributed by atoms with Gasteiger partial charge in [0.1, 0.15) is 19.8 Å². The molecule has 2 atom stereocenters. The van der Waals surface area contributed by atoms with Crippen LogP contribution in [0.25, 0.3) is 0 Å². The topological polar surface area (TPSA) is 111 Å². The van der Waals surface area contributed by atoms with Gasteiger partial charge in [-0.15, -0.1) is 0 Å². The molecule has 0 aliphatic heterocycles. The molecule has 10 heteroatoms. The van der Waals surface area contributed by atoms with E-state index in [1.807, 2.05) is 27.2 Å². The minimum atomic E-state index is -4.63. The number of allylic oxidation sites excluding steroid dienone is 10. The predicted octanol–water partition coefficient (Wildman–Crippen LogP) is 9.88. The lowest BCUT2D eigenvalue weighted by Crippen LogP contribution is -2.37. The first-order valence-electron chi connectivity index (χ1n) is 19.5. The average molecular weight is 738 g/mol. The SMILES string of the molecule is CC/C=C\C/C=C\C/C=C\C/C=C\C/C=C\CCCC(=O)OC(COC(=O)CCCCCCCCCCCC)COP(=O)([O-])OCC[N+](C)(C)C. The van der Waals surface area contributed by atoms with E-state index in [9.17, 15) is 19.0 Å². The van der Waals surface area contributed by atoms with Gasteiger partial charge in [-0.25, -0.2) is 0 Å². The van der Waals surface area contributed by atoms with Crippen molar-refractivity contribution in [1.29, 1.82) is 0 Å². The molecule has 0 heterocycles. The molecule has 0 N–H and O–H groups in total. The van der Waals surface area contributed by atoms with E-state index < -0.39 is 32.5 Å². The Labute approximate surface area is 311 Å². The third kappa shape index (κ3) is 37.3. The molecule has 9 nitrogen and oxygen atoms in total. The Hall–Kier alpha value is -2.29. The number of phosphoric ester groups is 1. The lowest BCUT2D eigenvalue weighted by molar-refractivity contribution is -0.870. The summed E-state index contributed by atoms with van der Waals surface area (Å²) < 4.78 is 33.7. The fourth-order valence-electron chi connectivity index (χ4n) is 4.75. The first kappa shape index (κ1) is 48.7. The summed E-state index contributed by atoms with van der Waals surface area (Å²) in [6.07, 6.45) is 38.3. The molecule has 0 aliphatic rings. The minimum Gasteiger partial charge on any atom is -0.756 e. The lowest BCUT2D eigenvalue weighted by atomic mass is 10.1. The molecule has 0 rings (SSSR count). The number of nitrogens with zero attached hydrogens (tertiary/aromatic N) is 1. The van der Waals surface area contributed by atoms with E-state index in [-0.39, 0.29) is 26.1 Å². The maximum Gasteiger partial charge on any atom is 0.306 e. The summed E-state index contributed by atoms with van der Waals surface area (Å²) in [5.74, 6) is -0.910. The number of hydrogen-bond acceptors (Lipinski definition) is 8. The number of quaternary nitrogens is 1. The van der Waals surface area contributed by atoms with E-state index >= 15 is 0 Å². The number of hydrogen-bond donors (Lipinski definition) is 0. The quantitative estimate of drug-likeness (QED) is 0.0211. The largest absolute Gasteiger partial charge is 0.756 e. The number of likely N-dealkylation sites (N-methyl/N-ethyl adjacent to an activating group) is 1. The number of unbranched alkanes of at least 4 members (excludes halogenated alkanes) is 10. The van der Waals surface area contributed by atoms with Gasteiger partial charge in [0, 0.05) is 12.8 Å². The highest BCUT2D eigenvalue weighted by atomic mass is 31.2. The normalized spacial score (nSPS) is 14.4. The maximum absolute atomic E-state index is 12.6. The molecule has 0 spiro atoms. The first-order chi connectivity index (χ1) is 24.5. The predicted molar refractivity (Wildman–Crippen MR) is 208 cm³/mol. The van der Waals surface area contributed by atoms with Gasteiger partial charge >= 0.3 is 11.9 Å². The molecule has 0 aromatic heterocycles. The zero-order valence-corrected chi connectivity index (χ0v) is 33.7. The van der Waals surface area contributed by atoms with Crippen molar-refractivity contribution < 1.29 is 42.1 Å². The number of ether oxygens (including phenoxy) is 2. The van der Waals surface area contributed by atoms with E-state index in [2.05, 4.69) is 68.5 Å². The molecular weight excluding hydrogens is 665 g/mol. The summed E-state index contributed by atoms with van der Waals surface area (Å²) in [6.45, 7) is 4.00. The number of phosphoric acid groups is 1. The molecule has 294 valence electrons. The molecule has 0 radical (unpaired) electrons. The van der Waals surface area contributed by atoms with Crippen molar-refractivity contribution in [2.75, 3.05) is 47.5 Å². The Morgan fingerprint density at radius 1 is 0.627 bits per heavy atom. The number of carbonyl (C=O) groups is 2. The molecule has 0 saturated heterocycles. The van der Waals surface area contributed by atoms with E-state index in [4.69, 9.17) is 18.5 Å². The van der Waals surface area contributed by atoms with Crippen molar-refractivity contribution in [3.05, 3.63) is 60.8 Å². The molecule has 0 aromatic carbocycles. The van der Waals surface area contributed by atoms with Gasteiger partial charge in [0.2, 0.25) is 0 Å². The summed E-state index contributed by atoms with van der Waals surface area (Å²) >= 11 is 0. The van der Waals surface area contributed by atoms with Gasteiger partial charge in [-0.05, 0) is 51.4 Å². The molecule has 0 bridgehead atoms. The minimum absolute atomic E-state index is 0.0433. The van der Waals surface area contributed by atoms with E-state index in [0.29, 0.717) is 23.9 Å². The van der Waals surface area contributed by atoms with Gasteiger partial charge < -0.3 is 27.9 Å². The lowest BCUT2D eigenvalue weighted by Gasteiger charge is -2.28. The van der Waals surface area contributed by atoms with Crippen LogP contribution < -0.4 is 4.89 Å². The van der Waals surface area contributed by atoms with Gasteiger partial charge in [-0.2, -0.15) is 0 Å². The highest BCUT2D eigenvalue weighted by Gasteiger charge is 2.21. The summed E-state index contributed by atoms with van der Waals surface area (Å²) in [4.78, 5) is 37.3. The second-order valence-electron chi connectivity index (χ2n) is 13.9. The van der Waals surface area contributed by atoms with Crippen molar-refractivity contribution in [2.45, 2.75) is 142 Å². The number of rotatable bonds is 34. The zero-order chi connectivity index (χ0) is 37.9. The number of esters is 2. The molecule has 2 unspecified atom stereocenters. The van der Waals surface area contributed by atoms with Crippen LogP contribution in [0.15, 0.2) is 60.8 Å². The van der Waals surface area contributed by atoms with Crippen LogP contribution in [-0.2, 0) is 32.7 Å². The van der Waals surface area contributed by atoms with Crippen molar-refractivity contribution in [3.63, 3.8) is 0 Å². The molecule has 0 amide bonds. The Bertz CT molecular complexity index is 1060. The van der Waals surface area contributed by atoms with Crippen molar-refractivity contribution in [2.24, 2.45) is 0 Å². The molecule has 0 aromatic rings. The zero-order valence-electron chi connectivity index (χ0n) is 32.8. The van der Waals surface area contributed by atoms with E-state index in [1.165, 1.54) is 44.9 Å². The van der Waals surface area contributed by atoms with Crippen molar-refractivity contribution >= 4 is 19.8 Å². The van der Waals surface area contributed by atoms with Crippen molar-refractivity contribution in [1.82, 2.24) is 0 Å². The third-order valence-electron chi connectivity index (χ3n) is 7.80. The van der Waals surface area contributed by atoms with Crippen LogP contribution in [0.1, 0.15) is 136 Å². The van der Waals surface area contributed by atoms with Crippen LogP contribution in [0.4, 0.5) is 0 Å². The fourth-order valence-corrected chi connectivity index (χ4v) is 5.48. The van der Waals surface area contributed by atoms with E-state index in [0.717, 1.165) is 51.4 Å². The molecule has 0 aliphatic carbocycles. The second kappa shape index (κ2) is 33.5. The van der Waals surface area contributed by atoms with Crippen LogP contribution in [0.3, 0.4) is 0 Å². The van der Waals surface area contributed by atoms with Gasteiger partial charge in [0.15, 0.2) is 6.10 Å². The fraction of sp³-hybridized carbons (Fsp3) is 0.707. The summed E-state index contributed by atoms with van der Waals surface area (Å²) in [5, 5.41) is 0. The monoisotopic (exact) mass is 737 g/mol. The first-order valence-corrected chi connectivity index (χ1v) is 21.0. The molecule has 0 fully saturated rings. The van der Waals surface area contributed by atoms with Crippen LogP contribution in [-0.4, -0.2) is 70.0 Å². The van der Waals surface area contributed by atoms with Gasteiger partial charge in [0.25, 0.3) is 7.82 Å². The Kier molecular flexibility index (Phi) is 32.0. The van der Waals surface area contributed by atoms with Gasteiger partial charge in [-0.1, -0.05) is 132 Å². The smallest absolute Gasteiger partial charge is 0.306 e. The van der Waals surface area contributed by atoms with E-state index in [1.54, 1.807) is 0 Å². The Balaban J connectivity index is 4.54. The molecular formula is C41H72NO8P. The second-order valence-corrected chi connectivity index (χ2v) is 15.3. The highest BCUT2D eigenvalue weighted by molar-refractivity contribution is 7.45. The standard InChI is InChI=1S/C41H72NO8P/c1-6-8-10-12-14-16-18-19-20-21-22-23-24-26-28-30-32-34-41(44)50-39(38-49-51(45,46)48-36-35-42(3,4)5)37-47-40(43)33-31-29-27-25-17-15-13-11-9-7-2/h8,10,14,16,19-20,22-23,26,28,39H,6-7,9,11-13,15,17-18,21,24-25,27,29-38H2,1-5H3/b10-8-,16-14-,20-19-,23-22-,28-26-. The maximum atomic E-state index is 12.6. The Morgan fingerprint density at radius 2 is 1.12 bits per heavy atom. The average Bonchev–Trinajstić information content (AvgIpc) is 3.07. The molecule has 0 saturated carbocycles. The summed E-state index contributed by atoms with van der Waals surface area (Å²) in [7, 11) is 1.12. The Morgan fingerprint density at radius 3 is 1.65 bits per heavy atom. The van der Waals surface area contributed by atoms with Gasteiger partial charge in [0.05, 0.1) is 27.7 Å².